The largest absolute Gasteiger partial charge is 0.394 e. The van der Waals surface area contributed by atoms with Crippen LogP contribution in [0.4, 0.5) is 0 Å². The molecule has 0 saturated carbocycles. The summed E-state index contributed by atoms with van der Waals surface area (Å²) in [7, 11) is 0. The third-order valence-electron chi connectivity index (χ3n) is 3.06. The molecule has 2 rings (SSSR count). The summed E-state index contributed by atoms with van der Waals surface area (Å²) in [6, 6.07) is -0.0709. The molecule has 0 aliphatic carbocycles. The van der Waals surface area contributed by atoms with Crippen molar-refractivity contribution >= 4 is 17.7 Å². The molecule has 3 atom stereocenters. The molecule has 2 fully saturated rings. The normalized spacial score (nSPS) is 34.7. The fourth-order valence-electron chi connectivity index (χ4n) is 2.27. The van der Waals surface area contributed by atoms with E-state index >= 15 is 0 Å². The molecule has 0 spiro atoms. The number of aliphatic hydroxyl groups is 1. The highest BCUT2D eigenvalue weighted by atomic mass is 32.2. The summed E-state index contributed by atoms with van der Waals surface area (Å²) < 4.78 is 5.53. The topological polar surface area (TPSA) is 61.8 Å². The van der Waals surface area contributed by atoms with Crippen LogP contribution in [-0.4, -0.2) is 71.9 Å². The van der Waals surface area contributed by atoms with Gasteiger partial charge in [-0.05, 0) is 6.92 Å². The Morgan fingerprint density at radius 2 is 2.41 bits per heavy atom. The fraction of sp³-hybridized carbons (Fsp3) is 0.909. The SMILES string of the molecule is CC1CN(C(=O)C2CSCCN2)CC(CO)O1. The summed E-state index contributed by atoms with van der Waals surface area (Å²) in [5.41, 5.74) is 0. The van der Waals surface area contributed by atoms with Crippen LogP contribution in [0.1, 0.15) is 6.92 Å². The van der Waals surface area contributed by atoms with Gasteiger partial charge in [-0.2, -0.15) is 11.8 Å². The molecule has 2 aliphatic heterocycles. The van der Waals surface area contributed by atoms with E-state index < -0.39 is 0 Å². The zero-order valence-electron chi connectivity index (χ0n) is 10.1. The zero-order chi connectivity index (χ0) is 12.3. The van der Waals surface area contributed by atoms with Gasteiger partial charge in [-0.25, -0.2) is 0 Å². The van der Waals surface area contributed by atoms with Crippen molar-refractivity contribution in [3.63, 3.8) is 0 Å². The Balaban J connectivity index is 1.93. The number of carbonyl (C=O) groups excluding carboxylic acids is 1. The minimum atomic E-state index is -0.237. The molecule has 17 heavy (non-hydrogen) atoms. The Bertz CT molecular complexity index is 271. The van der Waals surface area contributed by atoms with E-state index in [2.05, 4.69) is 5.32 Å². The molecule has 0 radical (unpaired) electrons. The Morgan fingerprint density at radius 3 is 3.06 bits per heavy atom. The average molecular weight is 260 g/mol. The van der Waals surface area contributed by atoms with E-state index in [0.29, 0.717) is 13.1 Å². The van der Waals surface area contributed by atoms with Gasteiger partial charge in [-0.15, -0.1) is 0 Å². The van der Waals surface area contributed by atoms with E-state index in [9.17, 15) is 4.79 Å². The number of amides is 1. The zero-order valence-corrected chi connectivity index (χ0v) is 10.9. The van der Waals surface area contributed by atoms with Gasteiger partial charge in [0.2, 0.25) is 5.91 Å². The molecule has 2 N–H and O–H groups in total. The Kier molecular flexibility index (Phi) is 4.67. The molecule has 3 unspecified atom stereocenters. The van der Waals surface area contributed by atoms with Crippen molar-refractivity contribution in [2.75, 3.05) is 37.7 Å². The first-order valence-electron chi connectivity index (χ1n) is 6.07. The lowest BCUT2D eigenvalue weighted by molar-refractivity contribution is -0.148. The van der Waals surface area contributed by atoms with Crippen LogP contribution in [0.15, 0.2) is 0 Å². The predicted molar refractivity (Wildman–Crippen MR) is 67.1 cm³/mol. The minimum Gasteiger partial charge on any atom is -0.394 e. The van der Waals surface area contributed by atoms with E-state index in [1.165, 1.54) is 0 Å². The second-order valence-electron chi connectivity index (χ2n) is 4.58. The minimum absolute atomic E-state index is 0.00101. The number of nitrogens with one attached hydrogen (secondary N) is 1. The maximum atomic E-state index is 12.3. The smallest absolute Gasteiger partial charge is 0.240 e. The quantitative estimate of drug-likeness (QED) is 0.687. The maximum absolute atomic E-state index is 12.3. The molecule has 2 heterocycles. The summed E-state index contributed by atoms with van der Waals surface area (Å²) in [5, 5.41) is 12.4. The Hall–Kier alpha value is -0.300. The van der Waals surface area contributed by atoms with Crippen LogP contribution in [0.5, 0.6) is 0 Å². The highest BCUT2D eigenvalue weighted by Crippen LogP contribution is 2.15. The molecule has 0 aromatic heterocycles. The van der Waals surface area contributed by atoms with E-state index in [1.807, 2.05) is 23.6 Å². The monoisotopic (exact) mass is 260 g/mol. The van der Waals surface area contributed by atoms with Crippen LogP contribution >= 0.6 is 11.8 Å². The van der Waals surface area contributed by atoms with Crippen molar-refractivity contribution in [1.29, 1.82) is 0 Å². The lowest BCUT2D eigenvalue weighted by Gasteiger charge is -2.38. The number of rotatable bonds is 2. The van der Waals surface area contributed by atoms with Crippen molar-refractivity contribution in [1.82, 2.24) is 10.2 Å². The molecule has 98 valence electrons. The summed E-state index contributed by atoms with van der Waals surface area (Å²) in [6.45, 7) is 3.93. The number of hydrogen-bond acceptors (Lipinski definition) is 5. The van der Waals surface area contributed by atoms with Crippen molar-refractivity contribution < 1.29 is 14.6 Å². The number of hydrogen-bond donors (Lipinski definition) is 2. The Morgan fingerprint density at radius 1 is 1.59 bits per heavy atom. The number of thioether (sulfide) groups is 1. The second-order valence-corrected chi connectivity index (χ2v) is 5.73. The average Bonchev–Trinajstić information content (AvgIpc) is 2.38. The second kappa shape index (κ2) is 6.04. The molecule has 0 aromatic rings. The molecule has 6 heteroatoms. The van der Waals surface area contributed by atoms with Crippen molar-refractivity contribution in [3.05, 3.63) is 0 Å². The van der Waals surface area contributed by atoms with Crippen LogP contribution in [0.2, 0.25) is 0 Å². The van der Waals surface area contributed by atoms with Gasteiger partial charge in [0.05, 0.1) is 24.9 Å². The summed E-state index contributed by atoms with van der Waals surface area (Å²) in [4.78, 5) is 14.1. The van der Waals surface area contributed by atoms with Gasteiger partial charge in [-0.3, -0.25) is 4.79 Å². The first-order chi connectivity index (χ1) is 8.20. The number of aliphatic hydroxyl groups excluding tert-OH is 1. The lowest BCUT2D eigenvalue weighted by atomic mass is 10.2. The van der Waals surface area contributed by atoms with Gasteiger partial charge in [0.25, 0.3) is 0 Å². The van der Waals surface area contributed by atoms with E-state index in [1.54, 1.807) is 0 Å². The molecule has 0 aromatic carbocycles. The van der Waals surface area contributed by atoms with Crippen molar-refractivity contribution in [2.45, 2.75) is 25.2 Å². The highest BCUT2D eigenvalue weighted by molar-refractivity contribution is 7.99. The Labute approximate surface area is 106 Å². The number of morpholine rings is 1. The van der Waals surface area contributed by atoms with Crippen LogP contribution < -0.4 is 5.32 Å². The first-order valence-corrected chi connectivity index (χ1v) is 7.22. The number of carbonyl (C=O) groups is 1. The molecule has 1 amide bonds. The van der Waals surface area contributed by atoms with Gasteiger partial charge < -0.3 is 20.1 Å². The van der Waals surface area contributed by atoms with Crippen molar-refractivity contribution in [3.8, 4) is 0 Å². The van der Waals surface area contributed by atoms with Crippen LogP contribution in [-0.2, 0) is 9.53 Å². The van der Waals surface area contributed by atoms with E-state index in [4.69, 9.17) is 9.84 Å². The standard InChI is InChI=1S/C11H20N2O3S/c1-8-4-13(5-9(6-14)16-8)11(15)10-7-17-3-2-12-10/h8-10,12,14H,2-7H2,1H3. The van der Waals surface area contributed by atoms with Gasteiger partial charge in [0.1, 0.15) is 0 Å². The molecule has 0 bridgehead atoms. The van der Waals surface area contributed by atoms with Gasteiger partial charge in [0, 0.05) is 31.1 Å². The first kappa shape index (κ1) is 13.1. The predicted octanol–water partition coefficient (Wildman–Crippen LogP) is -0.700. The van der Waals surface area contributed by atoms with Gasteiger partial charge in [-0.1, -0.05) is 0 Å². The van der Waals surface area contributed by atoms with E-state index in [-0.39, 0.29) is 30.8 Å². The number of ether oxygens (including phenoxy) is 1. The fourth-order valence-corrected chi connectivity index (χ4v) is 3.20. The lowest BCUT2D eigenvalue weighted by Crippen LogP contribution is -2.57. The maximum Gasteiger partial charge on any atom is 0.240 e. The molecule has 5 nitrogen and oxygen atoms in total. The van der Waals surface area contributed by atoms with E-state index in [0.717, 1.165) is 18.1 Å². The summed E-state index contributed by atoms with van der Waals surface area (Å²) in [6.07, 6.45) is -0.236. The molecular weight excluding hydrogens is 240 g/mol. The summed E-state index contributed by atoms with van der Waals surface area (Å²) in [5.74, 6) is 2.06. The van der Waals surface area contributed by atoms with Crippen LogP contribution in [0.25, 0.3) is 0 Å². The highest BCUT2D eigenvalue weighted by Gasteiger charge is 2.32. The van der Waals surface area contributed by atoms with Gasteiger partial charge in [0.15, 0.2) is 0 Å². The van der Waals surface area contributed by atoms with Crippen LogP contribution in [0, 0.1) is 0 Å². The van der Waals surface area contributed by atoms with Crippen LogP contribution in [0.3, 0.4) is 0 Å². The summed E-state index contributed by atoms with van der Waals surface area (Å²) >= 11 is 1.81. The molecule has 2 aliphatic rings. The van der Waals surface area contributed by atoms with Crippen molar-refractivity contribution in [2.24, 2.45) is 0 Å². The molecular formula is C11H20N2O3S. The third kappa shape index (κ3) is 3.34. The molecule has 2 saturated heterocycles. The van der Waals surface area contributed by atoms with Gasteiger partial charge >= 0.3 is 0 Å². The third-order valence-corrected chi connectivity index (χ3v) is 4.12. The number of nitrogens with zero attached hydrogens (tertiary/aromatic N) is 1.